The molecule has 0 atom stereocenters. The zero-order valence-electron chi connectivity index (χ0n) is 30.1. The standard InChI is InChI=1S/C40H41BrN2O12/c41-31-23-30-34-29(39(48)43(40(30)49)8-12-51-16-20-55-22-18-53-14-10-45)5-2-25-24-1-4-27-33-28(6-3-26(32(24)33)35(31)36(25)34)38(47)42(37(27)46)7-11-50-15-19-54-21-17-52-13-9-44/h1-6,23,44-45H,7-22H2. The van der Waals surface area contributed by atoms with Gasteiger partial charge in [0.15, 0.2) is 0 Å². The van der Waals surface area contributed by atoms with E-state index in [1.165, 1.54) is 9.80 Å². The van der Waals surface area contributed by atoms with Crippen LogP contribution in [0.4, 0.5) is 0 Å². The zero-order valence-corrected chi connectivity index (χ0v) is 31.7. The van der Waals surface area contributed by atoms with Crippen molar-refractivity contribution in [3.05, 3.63) is 69.2 Å². The largest absolute Gasteiger partial charge is 0.394 e. The van der Waals surface area contributed by atoms with Crippen molar-refractivity contribution in [2.45, 2.75) is 0 Å². The molecular formula is C40H41BrN2O12. The van der Waals surface area contributed by atoms with Crippen molar-refractivity contribution < 1.29 is 57.8 Å². The van der Waals surface area contributed by atoms with Crippen molar-refractivity contribution in [1.29, 1.82) is 0 Å². The third kappa shape index (κ3) is 7.56. The number of hydrogen-bond donors (Lipinski definition) is 2. The van der Waals surface area contributed by atoms with E-state index < -0.39 is 23.6 Å². The van der Waals surface area contributed by atoms with Crippen molar-refractivity contribution in [2.75, 3.05) is 106 Å². The normalized spacial score (nSPS) is 14.3. The maximum atomic E-state index is 13.9. The van der Waals surface area contributed by atoms with Crippen LogP contribution in [0.25, 0.3) is 43.1 Å². The Morgan fingerprint density at radius 1 is 0.418 bits per heavy atom. The molecule has 290 valence electrons. The third-order valence-corrected chi connectivity index (χ3v) is 10.4. The summed E-state index contributed by atoms with van der Waals surface area (Å²) < 4.78 is 33.1. The number of aliphatic hydroxyl groups excluding tert-OH is 2. The molecule has 2 N–H and O–H groups in total. The second-order valence-electron chi connectivity index (χ2n) is 12.9. The van der Waals surface area contributed by atoms with Crippen LogP contribution in [0.2, 0.25) is 0 Å². The van der Waals surface area contributed by atoms with E-state index >= 15 is 0 Å². The second-order valence-corrected chi connectivity index (χ2v) is 13.8. The number of nitrogens with zero attached hydrogens (tertiary/aromatic N) is 2. The van der Waals surface area contributed by atoms with Gasteiger partial charge < -0.3 is 38.6 Å². The molecule has 2 aliphatic heterocycles. The lowest BCUT2D eigenvalue weighted by atomic mass is 9.82. The SMILES string of the molecule is O=C1c2ccc3c4ccc5c6c(cc(Br)c(c7ccc(c2c37)C(=O)N1CCOCCOCCOCCO)c64)C(=O)N(CCOCCOCCOCCO)C5=O. The molecule has 5 aromatic carbocycles. The van der Waals surface area contributed by atoms with Crippen LogP contribution in [0, 0.1) is 0 Å². The minimum Gasteiger partial charge on any atom is -0.394 e. The smallest absolute Gasteiger partial charge is 0.261 e. The average molecular weight is 822 g/mol. The van der Waals surface area contributed by atoms with Crippen LogP contribution >= 0.6 is 15.9 Å². The molecule has 0 aromatic heterocycles. The van der Waals surface area contributed by atoms with E-state index in [-0.39, 0.29) is 65.9 Å². The third-order valence-electron chi connectivity index (χ3n) is 9.73. The predicted molar refractivity (Wildman–Crippen MR) is 205 cm³/mol. The molecule has 0 radical (unpaired) electrons. The number of benzene rings is 5. The Hall–Kier alpha value is -4.16. The molecule has 0 spiro atoms. The van der Waals surface area contributed by atoms with Crippen LogP contribution in [-0.2, 0) is 28.4 Å². The number of aliphatic hydroxyl groups is 2. The average Bonchev–Trinajstić information content (AvgIpc) is 3.19. The molecule has 5 aromatic rings. The summed E-state index contributed by atoms with van der Waals surface area (Å²) in [5, 5.41) is 23.3. The van der Waals surface area contributed by atoms with Gasteiger partial charge in [-0.3, -0.25) is 29.0 Å². The maximum Gasteiger partial charge on any atom is 0.261 e. The van der Waals surface area contributed by atoms with Gasteiger partial charge in [-0.2, -0.15) is 0 Å². The van der Waals surface area contributed by atoms with Gasteiger partial charge in [-0.15, -0.1) is 0 Å². The number of carbonyl (C=O) groups is 4. The lowest BCUT2D eigenvalue weighted by molar-refractivity contribution is 0.00495. The van der Waals surface area contributed by atoms with Crippen LogP contribution in [0.5, 0.6) is 0 Å². The van der Waals surface area contributed by atoms with E-state index in [0.717, 1.165) is 32.3 Å². The first-order valence-corrected chi connectivity index (χ1v) is 19.0. The maximum absolute atomic E-state index is 13.9. The summed E-state index contributed by atoms with van der Waals surface area (Å²) in [5.41, 5.74) is 1.62. The summed E-state index contributed by atoms with van der Waals surface area (Å²) in [7, 11) is 0. The number of ether oxygens (including phenoxy) is 6. The van der Waals surface area contributed by atoms with Gasteiger partial charge in [0.1, 0.15) is 0 Å². The monoisotopic (exact) mass is 820 g/mol. The number of amides is 4. The summed E-state index contributed by atoms with van der Waals surface area (Å²) in [6.45, 7) is 3.49. The molecule has 14 nitrogen and oxygen atoms in total. The molecule has 55 heavy (non-hydrogen) atoms. The fraction of sp³-hybridized carbons (Fsp3) is 0.400. The number of imide groups is 2. The molecule has 7 rings (SSSR count). The van der Waals surface area contributed by atoms with Gasteiger partial charge in [0.25, 0.3) is 23.6 Å². The summed E-state index contributed by atoms with van der Waals surface area (Å²) >= 11 is 3.74. The van der Waals surface area contributed by atoms with Gasteiger partial charge in [-0.05, 0) is 45.8 Å². The summed E-state index contributed by atoms with van der Waals surface area (Å²) in [6, 6.07) is 12.6. The molecule has 2 aliphatic rings. The summed E-state index contributed by atoms with van der Waals surface area (Å²) in [6.07, 6.45) is 0. The fourth-order valence-corrected chi connectivity index (χ4v) is 7.99. The lowest BCUT2D eigenvalue weighted by Crippen LogP contribution is -2.42. The molecule has 0 bridgehead atoms. The zero-order chi connectivity index (χ0) is 38.5. The number of halogens is 1. The fourth-order valence-electron chi connectivity index (χ4n) is 7.35. The topological polar surface area (TPSA) is 171 Å². The Morgan fingerprint density at radius 3 is 1.24 bits per heavy atom. The van der Waals surface area contributed by atoms with Crippen LogP contribution in [0.1, 0.15) is 41.4 Å². The highest BCUT2D eigenvalue weighted by atomic mass is 79.9. The van der Waals surface area contributed by atoms with Gasteiger partial charge >= 0.3 is 0 Å². The minimum absolute atomic E-state index is 0.0452. The molecule has 0 saturated heterocycles. The van der Waals surface area contributed by atoms with E-state index in [2.05, 4.69) is 15.9 Å². The summed E-state index contributed by atoms with van der Waals surface area (Å²) in [5.74, 6) is -1.65. The van der Waals surface area contributed by atoms with Crippen LogP contribution < -0.4 is 0 Å². The number of rotatable bonds is 22. The van der Waals surface area contributed by atoms with Crippen molar-refractivity contribution in [1.82, 2.24) is 9.80 Å². The Balaban J connectivity index is 1.10. The quantitative estimate of drug-likeness (QED) is 0.0449. The predicted octanol–water partition coefficient (Wildman–Crippen LogP) is 3.78. The first kappa shape index (κ1) is 39.1. The highest BCUT2D eigenvalue weighted by molar-refractivity contribution is 9.10. The molecule has 0 unspecified atom stereocenters. The van der Waals surface area contributed by atoms with Gasteiger partial charge in [0.05, 0.1) is 106 Å². The molecule has 0 fully saturated rings. The van der Waals surface area contributed by atoms with Crippen molar-refractivity contribution in [3.63, 3.8) is 0 Å². The van der Waals surface area contributed by atoms with E-state index in [0.29, 0.717) is 77.1 Å². The van der Waals surface area contributed by atoms with E-state index in [1.54, 1.807) is 24.3 Å². The van der Waals surface area contributed by atoms with Gasteiger partial charge in [-0.1, -0.05) is 34.1 Å². The Bertz CT molecular complexity index is 2220. The molecular weight excluding hydrogens is 780 g/mol. The molecule has 2 heterocycles. The molecule has 15 heteroatoms. The van der Waals surface area contributed by atoms with E-state index in [1.807, 2.05) is 18.2 Å². The Kier molecular flexibility index (Phi) is 12.6. The first-order valence-electron chi connectivity index (χ1n) is 18.2. The van der Waals surface area contributed by atoms with Gasteiger partial charge in [-0.25, -0.2) is 0 Å². The van der Waals surface area contributed by atoms with Crippen molar-refractivity contribution >= 4 is 82.6 Å². The second kappa shape index (κ2) is 17.7. The van der Waals surface area contributed by atoms with Gasteiger partial charge in [0, 0.05) is 48.3 Å². The number of fused-ring (bicyclic) bond motifs is 2. The highest BCUT2D eigenvalue weighted by Gasteiger charge is 2.37. The van der Waals surface area contributed by atoms with Gasteiger partial charge in [0.2, 0.25) is 0 Å². The number of hydrogen-bond acceptors (Lipinski definition) is 12. The number of carbonyl (C=O) groups excluding carboxylic acids is 4. The Labute approximate surface area is 324 Å². The Morgan fingerprint density at radius 2 is 0.782 bits per heavy atom. The van der Waals surface area contributed by atoms with Crippen molar-refractivity contribution in [2.24, 2.45) is 0 Å². The van der Waals surface area contributed by atoms with Crippen molar-refractivity contribution in [3.8, 4) is 0 Å². The minimum atomic E-state index is -0.421. The van der Waals surface area contributed by atoms with Crippen LogP contribution in [0.15, 0.2) is 46.9 Å². The van der Waals surface area contributed by atoms with E-state index in [9.17, 15) is 19.2 Å². The summed E-state index contributed by atoms with van der Waals surface area (Å²) in [4.78, 5) is 57.9. The van der Waals surface area contributed by atoms with Crippen LogP contribution in [0.3, 0.4) is 0 Å². The highest BCUT2D eigenvalue weighted by Crippen LogP contribution is 2.48. The first-order chi connectivity index (χ1) is 26.9. The lowest BCUT2D eigenvalue weighted by Gasteiger charge is -2.30. The molecule has 4 amide bonds. The molecule has 0 saturated carbocycles. The van der Waals surface area contributed by atoms with Crippen LogP contribution in [-0.4, -0.2) is 149 Å². The van der Waals surface area contributed by atoms with E-state index in [4.69, 9.17) is 38.6 Å². The molecule has 0 aliphatic carbocycles.